The van der Waals surface area contributed by atoms with Gasteiger partial charge >= 0.3 is 0 Å². The predicted molar refractivity (Wildman–Crippen MR) is 142 cm³/mol. The van der Waals surface area contributed by atoms with Gasteiger partial charge in [0.05, 0.1) is 0 Å². The summed E-state index contributed by atoms with van der Waals surface area (Å²) in [5.41, 5.74) is 3.95. The van der Waals surface area contributed by atoms with E-state index in [9.17, 15) is 9.59 Å². The van der Waals surface area contributed by atoms with E-state index in [1.807, 2.05) is 80.6 Å². The topological polar surface area (TPSA) is 58.6 Å². The maximum Gasteiger partial charge on any atom is 0.261 e. The summed E-state index contributed by atoms with van der Waals surface area (Å²) in [5.74, 6) is 0.138. The van der Waals surface area contributed by atoms with Crippen LogP contribution in [0.25, 0.3) is 0 Å². The quantitative estimate of drug-likeness (QED) is 0.355. The molecular weight excluding hydrogens is 560 g/mol. The van der Waals surface area contributed by atoms with E-state index < -0.39 is 6.04 Å². The number of carbonyl (C=O) groups excluding carboxylic acids is 2. The zero-order valence-electron chi connectivity index (χ0n) is 19.5. The molecule has 0 aromatic heterocycles. The molecule has 0 spiro atoms. The second-order valence-electron chi connectivity index (χ2n) is 8.13. The molecule has 1 atom stereocenters. The zero-order valence-corrected chi connectivity index (χ0v) is 22.6. The van der Waals surface area contributed by atoms with Crippen molar-refractivity contribution in [3.8, 4) is 5.75 Å². The van der Waals surface area contributed by atoms with E-state index in [0.717, 1.165) is 31.2 Å². The van der Waals surface area contributed by atoms with Crippen molar-refractivity contribution in [2.45, 2.75) is 32.9 Å². The van der Waals surface area contributed by atoms with E-state index >= 15 is 0 Å². The van der Waals surface area contributed by atoms with E-state index in [2.05, 4.69) is 37.2 Å². The number of halogens is 2. The number of carbonyl (C=O) groups is 2. The van der Waals surface area contributed by atoms with Gasteiger partial charge in [0, 0.05) is 29.0 Å². The van der Waals surface area contributed by atoms with Crippen LogP contribution in [0.1, 0.15) is 22.3 Å². The van der Waals surface area contributed by atoms with Gasteiger partial charge < -0.3 is 15.0 Å². The summed E-state index contributed by atoms with van der Waals surface area (Å²) >= 11 is 7.05. The van der Waals surface area contributed by atoms with Crippen LogP contribution in [0.5, 0.6) is 5.75 Å². The summed E-state index contributed by atoms with van der Waals surface area (Å²) in [5, 5.41) is 2.72. The Morgan fingerprint density at radius 2 is 1.59 bits per heavy atom. The van der Waals surface area contributed by atoms with Crippen molar-refractivity contribution in [2.24, 2.45) is 0 Å². The van der Waals surface area contributed by atoms with Crippen molar-refractivity contribution < 1.29 is 14.3 Å². The van der Waals surface area contributed by atoms with Gasteiger partial charge in [-0.05, 0) is 60.4 Å². The van der Waals surface area contributed by atoms with Crippen LogP contribution in [0.4, 0.5) is 0 Å². The van der Waals surface area contributed by atoms with Crippen LogP contribution < -0.4 is 10.1 Å². The molecule has 3 aromatic carbocycles. The number of ether oxygens (including phenoxy) is 1. The number of rotatable bonds is 9. The Balaban J connectivity index is 1.89. The highest BCUT2D eigenvalue weighted by atomic mass is 79.9. The van der Waals surface area contributed by atoms with Crippen LogP contribution in [-0.4, -0.2) is 36.4 Å². The molecule has 0 saturated carbocycles. The van der Waals surface area contributed by atoms with Crippen molar-refractivity contribution in [1.82, 2.24) is 10.2 Å². The molecule has 0 bridgehead atoms. The molecule has 0 aliphatic rings. The van der Waals surface area contributed by atoms with E-state index in [1.54, 1.807) is 11.9 Å². The van der Waals surface area contributed by atoms with Crippen LogP contribution in [0.15, 0.2) is 75.7 Å². The lowest BCUT2D eigenvalue weighted by atomic mass is 10.0. The first-order valence-corrected chi connectivity index (χ1v) is 12.6. The minimum absolute atomic E-state index is 0.170. The Morgan fingerprint density at radius 1 is 0.941 bits per heavy atom. The average Bonchev–Trinajstić information content (AvgIpc) is 2.83. The molecule has 3 aromatic rings. The smallest absolute Gasteiger partial charge is 0.261 e. The molecule has 0 radical (unpaired) electrons. The maximum atomic E-state index is 13.5. The Bertz CT molecular complexity index is 1130. The van der Waals surface area contributed by atoms with Crippen LogP contribution in [0.2, 0.25) is 0 Å². The average molecular weight is 588 g/mol. The largest absolute Gasteiger partial charge is 0.484 e. The summed E-state index contributed by atoms with van der Waals surface area (Å²) < 4.78 is 7.82. The number of nitrogens with one attached hydrogen (secondary N) is 1. The molecule has 0 fully saturated rings. The van der Waals surface area contributed by atoms with Gasteiger partial charge in [0.25, 0.3) is 5.91 Å². The minimum atomic E-state index is -0.684. The molecule has 0 saturated heterocycles. The number of nitrogens with zero attached hydrogens (tertiary/aromatic N) is 1. The fraction of sp³-hybridized carbons (Fsp3) is 0.259. The van der Waals surface area contributed by atoms with E-state index in [-0.39, 0.29) is 25.0 Å². The lowest BCUT2D eigenvalue weighted by Gasteiger charge is -2.31. The van der Waals surface area contributed by atoms with Gasteiger partial charge in [0.15, 0.2) is 6.61 Å². The van der Waals surface area contributed by atoms with Gasteiger partial charge in [0.2, 0.25) is 5.91 Å². The van der Waals surface area contributed by atoms with Crippen molar-refractivity contribution in [3.63, 3.8) is 0 Å². The number of amides is 2. The summed E-state index contributed by atoms with van der Waals surface area (Å²) in [6.45, 7) is 4.07. The zero-order chi connectivity index (χ0) is 24.7. The number of hydrogen-bond donors (Lipinski definition) is 1. The van der Waals surface area contributed by atoms with Crippen LogP contribution in [-0.2, 0) is 22.6 Å². The lowest BCUT2D eigenvalue weighted by molar-refractivity contribution is -0.142. The first kappa shape index (κ1) is 26.0. The predicted octanol–water partition coefficient (Wildman–Crippen LogP) is 5.59. The molecule has 0 aliphatic heterocycles. The molecule has 0 aliphatic carbocycles. The number of hydrogen-bond acceptors (Lipinski definition) is 3. The third-order valence-corrected chi connectivity index (χ3v) is 7.28. The molecular formula is C27H28Br2N2O3. The molecule has 178 valence electrons. The Kier molecular flexibility index (Phi) is 9.30. The van der Waals surface area contributed by atoms with E-state index in [1.165, 1.54) is 0 Å². The van der Waals surface area contributed by atoms with Crippen molar-refractivity contribution in [3.05, 3.63) is 97.9 Å². The Labute approximate surface area is 217 Å². The highest BCUT2D eigenvalue weighted by molar-refractivity contribution is 9.10. The lowest BCUT2D eigenvalue weighted by Crippen LogP contribution is -2.51. The fourth-order valence-electron chi connectivity index (χ4n) is 3.77. The van der Waals surface area contributed by atoms with Crippen molar-refractivity contribution in [2.75, 3.05) is 13.7 Å². The molecule has 0 unspecified atom stereocenters. The molecule has 1 N–H and O–H groups in total. The van der Waals surface area contributed by atoms with Gasteiger partial charge in [-0.15, -0.1) is 0 Å². The van der Waals surface area contributed by atoms with Crippen molar-refractivity contribution >= 4 is 43.7 Å². The highest BCUT2D eigenvalue weighted by Gasteiger charge is 2.30. The first-order valence-electron chi connectivity index (χ1n) is 11.0. The number of likely N-dealkylation sites (N-methyl/N-ethyl adjacent to an activating group) is 1. The second kappa shape index (κ2) is 12.2. The number of benzene rings is 3. The van der Waals surface area contributed by atoms with Gasteiger partial charge in [-0.3, -0.25) is 9.59 Å². The monoisotopic (exact) mass is 586 g/mol. The molecule has 34 heavy (non-hydrogen) atoms. The van der Waals surface area contributed by atoms with Crippen LogP contribution in [0, 0.1) is 13.8 Å². The fourth-order valence-corrected chi connectivity index (χ4v) is 4.45. The normalized spacial score (nSPS) is 11.6. The van der Waals surface area contributed by atoms with E-state index in [0.29, 0.717) is 12.2 Å². The summed E-state index contributed by atoms with van der Waals surface area (Å²) in [4.78, 5) is 28.1. The summed E-state index contributed by atoms with van der Waals surface area (Å²) in [6, 6.07) is 20.5. The van der Waals surface area contributed by atoms with Gasteiger partial charge in [-0.2, -0.15) is 0 Å². The summed E-state index contributed by atoms with van der Waals surface area (Å²) in [7, 11) is 1.59. The van der Waals surface area contributed by atoms with E-state index in [4.69, 9.17) is 4.74 Å². The SMILES string of the molecule is CNC(=O)[C@H](Cc1ccccc1)N(Cc1cccc(Br)c1)C(=O)COc1cc(C)c(Br)c(C)c1. The minimum Gasteiger partial charge on any atom is -0.484 e. The molecule has 2 amide bonds. The van der Waals surface area contributed by atoms with Gasteiger partial charge in [0.1, 0.15) is 11.8 Å². The molecule has 5 nitrogen and oxygen atoms in total. The highest BCUT2D eigenvalue weighted by Crippen LogP contribution is 2.26. The standard InChI is InChI=1S/C27H28Br2N2O3/c1-18-12-23(13-19(2)26(18)29)34-17-25(32)31(16-21-10-7-11-22(28)14-21)24(27(33)30-3)15-20-8-5-4-6-9-20/h4-14,24H,15-17H2,1-3H3,(H,30,33)/t24-/m0/s1. The van der Waals surface area contributed by atoms with Gasteiger partial charge in [-0.1, -0.05) is 74.3 Å². The molecule has 3 rings (SSSR count). The third kappa shape index (κ3) is 6.93. The van der Waals surface area contributed by atoms with Crippen LogP contribution in [0.3, 0.4) is 0 Å². The second-order valence-corrected chi connectivity index (χ2v) is 9.84. The first-order chi connectivity index (χ1) is 16.3. The van der Waals surface area contributed by atoms with Crippen LogP contribution >= 0.6 is 31.9 Å². The maximum absolute atomic E-state index is 13.5. The molecule has 7 heteroatoms. The number of aryl methyl sites for hydroxylation is 2. The summed E-state index contributed by atoms with van der Waals surface area (Å²) in [6.07, 6.45) is 0.400. The Morgan fingerprint density at radius 3 is 2.21 bits per heavy atom. The van der Waals surface area contributed by atoms with Gasteiger partial charge in [-0.25, -0.2) is 0 Å². The van der Waals surface area contributed by atoms with Crippen molar-refractivity contribution in [1.29, 1.82) is 0 Å². The third-order valence-electron chi connectivity index (χ3n) is 5.53. The molecule has 0 heterocycles. The Hall–Kier alpha value is -2.64.